The first-order chi connectivity index (χ1) is 6.79. The zero-order valence-electron chi connectivity index (χ0n) is 7.66. The minimum absolute atomic E-state index is 0.545. The highest BCUT2D eigenvalue weighted by molar-refractivity contribution is 7.80. The van der Waals surface area contributed by atoms with Crippen LogP contribution in [0.1, 0.15) is 0 Å². The predicted molar refractivity (Wildman–Crippen MR) is 61.4 cm³/mol. The molecule has 3 N–H and O–H groups in total. The number of rotatable bonds is 1. The number of hydrogen-bond acceptors (Lipinski definition) is 2. The molecule has 0 atom stereocenters. The molecule has 1 aromatic carbocycles. The van der Waals surface area contributed by atoms with E-state index in [4.69, 9.17) is 12.2 Å². The van der Waals surface area contributed by atoms with Gasteiger partial charge in [-0.3, -0.25) is 0 Å². The summed E-state index contributed by atoms with van der Waals surface area (Å²) in [6.07, 6.45) is 0. The average Bonchev–Trinajstić information content (AvgIpc) is 2.59. The Bertz CT molecular complexity index is 430. The smallest absolute Gasteiger partial charge is 0.207 e. The summed E-state index contributed by atoms with van der Waals surface area (Å²) in [4.78, 5) is 7.42. The van der Waals surface area contributed by atoms with Gasteiger partial charge in [0.15, 0.2) is 5.11 Å². The molecule has 14 heavy (non-hydrogen) atoms. The van der Waals surface area contributed by atoms with Gasteiger partial charge < -0.3 is 15.6 Å². The summed E-state index contributed by atoms with van der Waals surface area (Å²) in [7, 11) is 1.76. The van der Waals surface area contributed by atoms with E-state index in [9.17, 15) is 0 Å². The SMILES string of the molecule is CNC(=S)Nc1nc2ccccc2[nH]1. The highest BCUT2D eigenvalue weighted by Crippen LogP contribution is 2.12. The van der Waals surface area contributed by atoms with Crippen LogP contribution in [0.2, 0.25) is 0 Å². The van der Waals surface area contributed by atoms with Gasteiger partial charge in [0, 0.05) is 7.05 Å². The van der Waals surface area contributed by atoms with E-state index in [-0.39, 0.29) is 0 Å². The summed E-state index contributed by atoms with van der Waals surface area (Å²) in [6, 6.07) is 7.82. The van der Waals surface area contributed by atoms with Crippen LogP contribution in [-0.2, 0) is 0 Å². The molecule has 0 saturated heterocycles. The van der Waals surface area contributed by atoms with Gasteiger partial charge in [-0.25, -0.2) is 4.98 Å². The van der Waals surface area contributed by atoms with Gasteiger partial charge in [0.05, 0.1) is 11.0 Å². The lowest BCUT2D eigenvalue weighted by molar-refractivity contribution is 1.18. The molecule has 0 aliphatic rings. The number of aromatic nitrogens is 2. The topological polar surface area (TPSA) is 52.7 Å². The van der Waals surface area contributed by atoms with Crippen LogP contribution in [0.25, 0.3) is 11.0 Å². The molecule has 0 amide bonds. The van der Waals surface area contributed by atoms with Gasteiger partial charge in [-0.15, -0.1) is 0 Å². The van der Waals surface area contributed by atoms with Crippen molar-refractivity contribution in [1.82, 2.24) is 15.3 Å². The number of fused-ring (bicyclic) bond motifs is 1. The highest BCUT2D eigenvalue weighted by Gasteiger charge is 2.01. The molecule has 0 bridgehead atoms. The molecular weight excluding hydrogens is 196 g/mol. The third-order valence-electron chi connectivity index (χ3n) is 1.85. The standard InChI is InChI=1S/C9H10N4S/c1-10-9(14)13-8-11-6-4-2-3-5-7(6)12-8/h2-5H,1H3,(H3,10,11,12,13,14). The van der Waals surface area contributed by atoms with Gasteiger partial charge >= 0.3 is 0 Å². The van der Waals surface area contributed by atoms with Crippen molar-refractivity contribution in [3.8, 4) is 0 Å². The van der Waals surface area contributed by atoms with Gasteiger partial charge in [-0.1, -0.05) is 12.1 Å². The first-order valence-corrected chi connectivity index (χ1v) is 4.64. The van der Waals surface area contributed by atoms with E-state index < -0.39 is 0 Å². The second-order valence-electron chi connectivity index (χ2n) is 2.81. The maximum absolute atomic E-state index is 4.96. The lowest BCUT2D eigenvalue weighted by Gasteiger charge is -2.01. The van der Waals surface area contributed by atoms with Crippen molar-refractivity contribution < 1.29 is 0 Å². The van der Waals surface area contributed by atoms with Crippen molar-refractivity contribution in [1.29, 1.82) is 0 Å². The number of imidazole rings is 1. The number of anilines is 1. The van der Waals surface area contributed by atoms with Crippen LogP contribution in [0, 0.1) is 0 Å². The molecule has 0 unspecified atom stereocenters. The molecule has 4 nitrogen and oxygen atoms in total. The number of H-pyrrole nitrogens is 1. The van der Waals surface area contributed by atoms with E-state index in [1.54, 1.807) is 7.05 Å². The number of para-hydroxylation sites is 2. The van der Waals surface area contributed by atoms with E-state index in [1.807, 2.05) is 24.3 Å². The second-order valence-corrected chi connectivity index (χ2v) is 3.21. The fourth-order valence-electron chi connectivity index (χ4n) is 1.18. The van der Waals surface area contributed by atoms with Gasteiger partial charge in [-0.2, -0.15) is 0 Å². The number of nitrogens with zero attached hydrogens (tertiary/aromatic N) is 1. The maximum Gasteiger partial charge on any atom is 0.207 e. The Kier molecular flexibility index (Phi) is 2.32. The Hall–Kier alpha value is -1.62. The summed E-state index contributed by atoms with van der Waals surface area (Å²) >= 11 is 4.96. The van der Waals surface area contributed by atoms with E-state index >= 15 is 0 Å². The zero-order valence-corrected chi connectivity index (χ0v) is 8.48. The number of aromatic amines is 1. The fraction of sp³-hybridized carbons (Fsp3) is 0.111. The quantitative estimate of drug-likeness (QED) is 0.619. The van der Waals surface area contributed by atoms with Crippen molar-refractivity contribution in [2.45, 2.75) is 0 Å². The fourth-order valence-corrected chi connectivity index (χ4v) is 1.28. The van der Waals surface area contributed by atoms with Crippen molar-refractivity contribution in [3.05, 3.63) is 24.3 Å². The molecule has 0 aliphatic heterocycles. The van der Waals surface area contributed by atoms with Crippen LogP contribution < -0.4 is 10.6 Å². The molecule has 0 saturated carbocycles. The monoisotopic (exact) mass is 206 g/mol. The summed E-state index contributed by atoms with van der Waals surface area (Å²) in [5, 5.41) is 6.30. The van der Waals surface area contributed by atoms with E-state index in [2.05, 4.69) is 20.6 Å². The lowest BCUT2D eigenvalue weighted by Crippen LogP contribution is -2.24. The van der Waals surface area contributed by atoms with E-state index in [0.717, 1.165) is 11.0 Å². The number of benzene rings is 1. The summed E-state index contributed by atoms with van der Waals surface area (Å²) in [5.41, 5.74) is 1.92. The first kappa shape index (κ1) is 8.96. The zero-order chi connectivity index (χ0) is 9.97. The third kappa shape index (κ3) is 1.67. The summed E-state index contributed by atoms with van der Waals surface area (Å²) in [5.74, 6) is 0.658. The minimum atomic E-state index is 0.545. The van der Waals surface area contributed by atoms with Gasteiger partial charge in [-0.05, 0) is 24.4 Å². The van der Waals surface area contributed by atoms with Crippen molar-refractivity contribution in [3.63, 3.8) is 0 Å². The number of nitrogens with one attached hydrogen (secondary N) is 3. The highest BCUT2D eigenvalue weighted by atomic mass is 32.1. The van der Waals surface area contributed by atoms with Gasteiger partial charge in [0.1, 0.15) is 0 Å². The van der Waals surface area contributed by atoms with E-state index in [1.165, 1.54) is 0 Å². The molecule has 1 aromatic heterocycles. The van der Waals surface area contributed by atoms with Crippen LogP contribution in [0.3, 0.4) is 0 Å². The Labute approximate surface area is 86.7 Å². The predicted octanol–water partition coefficient (Wildman–Crippen LogP) is 1.48. The van der Waals surface area contributed by atoms with Gasteiger partial charge in [0.25, 0.3) is 0 Å². The Morgan fingerprint density at radius 3 is 2.93 bits per heavy atom. The Morgan fingerprint density at radius 1 is 1.43 bits per heavy atom. The molecule has 0 fully saturated rings. The van der Waals surface area contributed by atoms with Crippen molar-refractivity contribution in [2.24, 2.45) is 0 Å². The first-order valence-electron chi connectivity index (χ1n) is 4.23. The van der Waals surface area contributed by atoms with Crippen LogP contribution in [0.5, 0.6) is 0 Å². The molecule has 72 valence electrons. The largest absolute Gasteiger partial charge is 0.365 e. The molecule has 0 radical (unpaired) electrons. The van der Waals surface area contributed by atoms with Gasteiger partial charge in [0.2, 0.25) is 5.95 Å². The van der Waals surface area contributed by atoms with E-state index in [0.29, 0.717) is 11.1 Å². The van der Waals surface area contributed by atoms with Crippen molar-refractivity contribution in [2.75, 3.05) is 12.4 Å². The molecular formula is C9H10N4S. The van der Waals surface area contributed by atoms with Crippen LogP contribution in [0.15, 0.2) is 24.3 Å². The lowest BCUT2D eigenvalue weighted by atomic mass is 10.3. The molecule has 5 heteroatoms. The molecule has 1 heterocycles. The van der Waals surface area contributed by atoms with Crippen LogP contribution in [0.4, 0.5) is 5.95 Å². The molecule has 2 rings (SSSR count). The Morgan fingerprint density at radius 2 is 2.21 bits per heavy atom. The maximum atomic E-state index is 4.96. The molecule has 2 aromatic rings. The minimum Gasteiger partial charge on any atom is -0.365 e. The third-order valence-corrected chi connectivity index (χ3v) is 2.15. The van der Waals surface area contributed by atoms with Crippen LogP contribution in [-0.4, -0.2) is 22.1 Å². The van der Waals surface area contributed by atoms with Crippen molar-refractivity contribution >= 4 is 34.3 Å². The number of hydrogen-bond donors (Lipinski definition) is 3. The average molecular weight is 206 g/mol. The van der Waals surface area contributed by atoms with Crippen LogP contribution >= 0.6 is 12.2 Å². The molecule has 0 aliphatic carbocycles. The number of thiocarbonyl (C=S) groups is 1. The second kappa shape index (κ2) is 3.63. The normalized spacial score (nSPS) is 10.1. The Balaban J connectivity index is 2.31. The molecule has 0 spiro atoms. The summed E-state index contributed by atoms with van der Waals surface area (Å²) in [6.45, 7) is 0. The summed E-state index contributed by atoms with van der Waals surface area (Å²) < 4.78 is 0.